The first-order valence-electron chi connectivity index (χ1n) is 8.87. The van der Waals surface area contributed by atoms with Crippen molar-refractivity contribution in [2.24, 2.45) is 0 Å². The van der Waals surface area contributed by atoms with Crippen molar-refractivity contribution >= 4 is 33.0 Å². The molecule has 6 nitrogen and oxygen atoms in total. The molecule has 8 heteroatoms. The van der Waals surface area contributed by atoms with E-state index in [9.17, 15) is 13.2 Å². The zero-order chi connectivity index (χ0) is 19.6. The van der Waals surface area contributed by atoms with E-state index in [-0.39, 0.29) is 5.91 Å². The summed E-state index contributed by atoms with van der Waals surface area (Å²) >= 11 is 1.82. The van der Waals surface area contributed by atoms with Crippen molar-refractivity contribution in [3.63, 3.8) is 0 Å². The number of rotatable bonds is 6. The van der Waals surface area contributed by atoms with E-state index >= 15 is 0 Å². The van der Waals surface area contributed by atoms with Gasteiger partial charge < -0.3 is 5.32 Å². The zero-order valence-corrected chi connectivity index (χ0v) is 17.4. The third-order valence-corrected chi connectivity index (χ3v) is 6.70. The second kappa shape index (κ2) is 8.00. The number of carbonyl (C=O) groups excluding carboxylic acids is 1. The largest absolute Gasteiger partial charge is 0.352 e. The molecule has 0 bridgehead atoms. The smallest absolute Gasteiger partial charge is 0.251 e. The van der Waals surface area contributed by atoms with Gasteiger partial charge in [-0.15, -0.1) is 11.3 Å². The second-order valence-corrected chi connectivity index (χ2v) is 9.77. The lowest BCUT2D eigenvalue weighted by molar-refractivity contribution is 0.0945. The molecule has 0 aliphatic carbocycles. The molecule has 146 valence electrons. The number of nitrogens with zero attached hydrogens (tertiary/aromatic N) is 1. The van der Waals surface area contributed by atoms with Gasteiger partial charge in [-0.1, -0.05) is 6.92 Å². The Balaban J connectivity index is 1.54. The molecule has 3 rings (SSSR count). The highest BCUT2D eigenvalue weighted by Crippen LogP contribution is 2.37. The normalized spacial score (nSPS) is 20.1. The van der Waals surface area contributed by atoms with Gasteiger partial charge in [-0.2, -0.15) is 0 Å². The molecule has 1 aromatic heterocycles. The van der Waals surface area contributed by atoms with Gasteiger partial charge in [0.2, 0.25) is 10.0 Å². The van der Waals surface area contributed by atoms with Gasteiger partial charge in [-0.25, -0.2) is 8.42 Å². The second-order valence-electron chi connectivity index (χ2n) is 7.08. The molecule has 1 aliphatic rings. The van der Waals surface area contributed by atoms with Crippen LogP contribution in [0.15, 0.2) is 35.7 Å². The zero-order valence-electron chi connectivity index (χ0n) is 15.7. The minimum Gasteiger partial charge on any atom is -0.352 e. The molecule has 2 heterocycles. The average molecular weight is 408 g/mol. The summed E-state index contributed by atoms with van der Waals surface area (Å²) in [5.41, 5.74) is 2.37. The Morgan fingerprint density at radius 3 is 2.63 bits per heavy atom. The Morgan fingerprint density at radius 1 is 1.26 bits per heavy atom. The highest BCUT2D eigenvalue weighted by molar-refractivity contribution is 7.92. The molecule has 2 N–H and O–H groups in total. The van der Waals surface area contributed by atoms with Crippen LogP contribution in [0.1, 0.15) is 40.1 Å². The van der Waals surface area contributed by atoms with Crippen molar-refractivity contribution in [1.29, 1.82) is 0 Å². The van der Waals surface area contributed by atoms with E-state index in [1.165, 1.54) is 10.4 Å². The number of nitrogens with one attached hydrogen (secondary N) is 2. The van der Waals surface area contributed by atoms with E-state index < -0.39 is 10.0 Å². The predicted octanol–water partition coefficient (Wildman–Crippen LogP) is 2.86. The van der Waals surface area contributed by atoms with Gasteiger partial charge in [0, 0.05) is 41.2 Å². The summed E-state index contributed by atoms with van der Waals surface area (Å²) in [6.07, 6.45) is 1.98. The molecule has 1 aliphatic heterocycles. The summed E-state index contributed by atoms with van der Waals surface area (Å²) in [6.45, 7) is 3.81. The molecule has 0 unspecified atom stereocenters. The van der Waals surface area contributed by atoms with Crippen LogP contribution >= 0.6 is 11.3 Å². The van der Waals surface area contributed by atoms with Crippen LogP contribution in [0.25, 0.3) is 0 Å². The standard InChI is InChI=1S/C19H25N3O3S2/c1-13-17(22(2)12-15-9-11-26-18(13)15)8-10-20-19(23)14-4-6-16(7-5-14)21-27(3,24)25/h4-7,9,11,13,17,21H,8,10,12H2,1-3H3,(H,20,23)/t13-,17+/m0/s1. The first kappa shape index (κ1) is 19.9. The van der Waals surface area contributed by atoms with Crippen LogP contribution in [-0.4, -0.2) is 45.1 Å². The monoisotopic (exact) mass is 407 g/mol. The number of amides is 1. The van der Waals surface area contributed by atoms with Crippen LogP contribution in [0.2, 0.25) is 0 Å². The number of benzene rings is 1. The Labute approximate surface area is 164 Å². The molecule has 0 radical (unpaired) electrons. The quantitative estimate of drug-likeness (QED) is 0.772. The molecule has 27 heavy (non-hydrogen) atoms. The molecule has 0 fully saturated rings. The molecule has 1 aromatic carbocycles. The fourth-order valence-corrected chi connectivity index (χ4v) is 5.23. The van der Waals surface area contributed by atoms with E-state index in [4.69, 9.17) is 0 Å². The molecule has 0 saturated carbocycles. The third kappa shape index (κ3) is 4.88. The summed E-state index contributed by atoms with van der Waals surface area (Å²) in [6, 6.07) is 9.02. The summed E-state index contributed by atoms with van der Waals surface area (Å²) < 4.78 is 24.8. The molecular formula is C19H25N3O3S2. The van der Waals surface area contributed by atoms with Crippen LogP contribution in [0.5, 0.6) is 0 Å². The van der Waals surface area contributed by atoms with E-state index in [1.807, 2.05) is 11.3 Å². The maximum Gasteiger partial charge on any atom is 0.251 e. The number of hydrogen-bond acceptors (Lipinski definition) is 5. The topological polar surface area (TPSA) is 78.5 Å². The van der Waals surface area contributed by atoms with Crippen molar-refractivity contribution in [3.05, 3.63) is 51.7 Å². The first-order valence-corrected chi connectivity index (χ1v) is 11.6. The molecule has 1 amide bonds. The van der Waals surface area contributed by atoms with E-state index in [2.05, 4.69) is 40.4 Å². The van der Waals surface area contributed by atoms with Crippen LogP contribution in [-0.2, 0) is 16.6 Å². The third-order valence-electron chi connectivity index (χ3n) is 4.93. The number of fused-ring (bicyclic) bond motifs is 1. The highest BCUT2D eigenvalue weighted by Gasteiger charge is 2.30. The molecule has 2 aromatic rings. The summed E-state index contributed by atoms with van der Waals surface area (Å²) in [4.78, 5) is 16.2. The van der Waals surface area contributed by atoms with Crippen LogP contribution < -0.4 is 10.0 Å². The fourth-order valence-electron chi connectivity index (χ4n) is 3.63. The Hall–Kier alpha value is -1.90. The van der Waals surface area contributed by atoms with Gasteiger partial charge >= 0.3 is 0 Å². The molecule has 0 spiro atoms. The Bertz CT molecular complexity index is 907. The molecule has 2 atom stereocenters. The van der Waals surface area contributed by atoms with Gasteiger partial charge in [0.25, 0.3) is 5.91 Å². The fraction of sp³-hybridized carbons (Fsp3) is 0.421. The summed E-state index contributed by atoms with van der Waals surface area (Å²) in [7, 11) is -1.18. The minimum atomic E-state index is -3.32. The number of hydrogen-bond donors (Lipinski definition) is 2. The lowest BCUT2D eigenvalue weighted by Crippen LogP contribution is -2.41. The Kier molecular flexibility index (Phi) is 5.88. The van der Waals surface area contributed by atoms with Crippen LogP contribution in [0.3, 0.4) is 0 Å². The van der Waals surface area contributed by atoms with Gasteiger partial charge in [0.05, 0.1) is 6.26 Å². The Morgan fingerprint density at radius 2 is 1.96 bits per heavy atom. The number of carbonyl (C=O) groups is 1. The predicted molar refractivity (Wildman–Crippen MR) is 110 cm³/mol. The summed E-state index contributed by atoms with van der Waals surface area (Å²) in [5.74, 6) is 0.306. The van der Waals surface area contributed by atoms with Gasteiger partial charge in [-0.05, 0) is 54.7 Å². The number of thiophene rings is 1. The highest BCUT2D eigenvalue weighted by atomic mass is 32.2. The van der Waals surface area contributed by atoms with Gasteiger partial charge in [0.15, 0.2) is 0 Å². The summed E-state index contributed by atoms with van der Waals surface area (Å²) in [5, 5.41) is 5.13. The maximum absolute atomic E-state index is 12.3. The first-order chi connectivity index (χ1) is 12.7. The van der Waals surface area contributed by atoms with Crippen LogP contribution in [0, 0.1) is 0 Å². The minimum absolute atomic E-state index is 0.149. The lowest BCUT2D eigenvalue weighted by Gasteiger charge is -2.37. The van der Waals surface area contributed by atoms with Crippen LogP contribution in [0.4, 0.5) is 5.69 Å². The van der Waals surface area contributed by atoms with Crippen molar-refractivity contribution in [2.75, 3.05) is 24.6 Å². The van der Waals surface area contributed by atoms with E-state index in [0.717, 1.165) is 19.2 Å². The number of likely N-dealkylation sites (N-methyl/N-ethyl adjacent to an activating group) is 1. The lowest BCUT2D eigenvalue weighted by atomic mass is 9.89. The van der Waals surface area contributed by atoms with Crippen molar-refractivity contribution < 1.29 is 13.2 Å². The molecule has 0 saturated heterocycles. The van der Waals surface area contributed by atoms with Crippen molar-refractivity contribution in [2.45, 2.75) is 31.8 Å². The average Bonchev–Trinajstić information content (AvgIpc) is 3.05. The SMILES string of the molecule is C[C@@H]1c2sccc2CN(C)[C@@H]1CCNC(=O)c1ccc(NS(C)(=O)=O)cc1. The molecular weight excluding hydrogens is 382 g/mol. The van der Waals surface area contributed by atoms with E-state index in [1.54, 1.807) is 24.3 Å². The van der Waals surface area contributed by atoms with E-state index in [0.29, 0.717) is 29.8 Å². The van der Waals surface area contributed by atoms with Crippen molar-refractivity contribution in [1.82, 2.24) is 10.2 Å². The number of sulfonamides is 1. The van der Waals surface area contributed by atoms with Gasteiger partial charge in [0.1, 0.15) is 0 Å². The maximum atomic E-state index is 12.3. The number of anilines is 1. The van der Waals surface area contributed by atoms with Gasteiger partial charge in [-0.3, -0.25) is 14.4 Å². The van der Waals surface area contributed by atoms with Crippen molar-refractivity contribution in [3.8, 4) is 0 Å².